The van der Waals surface area contributed by atoms with Gasteiger partial charge in [0, 0.05) is 12.8 Å². The zero-order chi connectivity index (χ0) is 24.5. The van der Waals surface area contributed by atoms with Gasteiger partial charge < -0.3 is 23.8 Å². The van der Waals surface area contributed by atoms with Gasteiger partial charge >= 0.3 is 24.1 Å². The Hall–Kier alpha value is -3.18. The number of hydrogen-bond acceptors (Lipinski definition) is 11. The molecule has 32 heavy (non-hydrogen) atoms. The molecule has 0 bridgehead atoms. The molecule has 0 aromatic carbocycles. The fourth-order valence-corrected chi connectivity index (χ4v) is 2.24. The molecular formula is C20H29NO11. The molecule has 2 amide bonds. The second kappa shape index (κ2) is 12.0. The van der Waals surface area contributed by atoms with Crippen molar-refractivity contribution < 1.29 is 52.6 Å². The molecule has 12 nitrogen and oxygen atoms in total. The number of unbranched alkanes of at least 4 members (excludes halogenated alkanes) is 1. The van der Waals surface area contributed by atoms with E-state index in [1.165, 1.54) is 6.92 Å². The molecule has 1 heterocycles. The van der Waals surface area contributed by atoms with Gasteiger partial charge in [0.15, 0.2) is 6.10 Å². The normalized spacial score (nSPS) is 15.6. The predicted molar refractivity (Wildman–Crippen MR) is 104 cm³/mol. The standard InChI is InChI=1S/C20H29NO11/c1-6-7-10-28-17(25)12(2)29-18(26)13(30-19(27)31-20(3,4)5)11-16(24)32-21-14(22)8-9-15(21)23/h12-13H,6-11H2,1-5H3/t12-,13-/m0/s1. The Balaban J connectivity index is 2.82. The van der Waals surface area contributed by atoms with Gasteiger partial charge in [-0.1, -0.05) is 13.3 Å². The number of hydroxylamine groups is 2. The predicted octanol–water partition coefficient (Wildman–Crippen LogP) is 1.58. The number of nitrogens with zero attached hydrogens (tertiary/aromatic N) is 1. The first-order chi connectivity index (χ1) is 14.8. The number of carbonyl (C=O) groups is 6. The van der Waals surface area contributed by atoms with Gasteiger partial charge in [-0.15, -0.1) is 5.06 Å². The van der Waals surface area contributed by atoms with E-state index in [-0.39, 0.29) is 24.5 Å². The van der Waals surface area contributed by atoms with E-state index in [0.29, 0.717) is 6.42 Å². The van der Waals surface area contributed by atoms with E-state index in [4.69, 9.17) is 18.9 Å². The van der Waals surface area contributed by atoms with Crippen LogP contribution >= 0.6 is 0 Å². The molecule has 1 aliphatic rings. The van der Waals surface area contributed by atoms with Crippen molar-refractivity contribution in [1.29, 1.82) is 0 Å². The van der Waals surface area contributed by atoms with E-state index in [1.54, 1.807) is 20.8 Å². The number of hydrogen-bond donors (Lipinski definition) is 0. The molecule has 0 saturated carbocycles. The lowest BCUT2D eigenvalue weighted by Gasteiger charge is -2.22. The summed E-state index contributed by atoms with van der Waals surface area (Å²) < 4.78 is 19.7. The first kappa shape index (κ1) is 26.9. The fraction of sp³-hybridized carbons (Fsp3) is 0.700. The molecule has 12 heteroatoms. The minimum Gasteiger partial charge on any atom is -0.463 e. The van der Waals surface area contributed by atoms with Gasteiger partial charge in [0.05, 0.1) is 13.0 Å². The highest BCUT2D eigenvalue weighted by atomic mass is 16.8. The van der Waals surface area contributed by atoms with Gasteiger partial charge in [0.2, 0.25) is 6.10 Å². The summed E-state index contributed by atoms with van der Waals surface area (Å²) in [5, 5.41) is 0.284. The SMILES string of the molecule is CCCCOC(=O)[C@H](C)OC(=O)[C@H](CC(=O)ON1C(=O)CCC1=O)OC(=O)OC(C)(C)C. The summed E-state index contributed by atoms with van der Waals surface area (Å²) in [5.74, 6) is -4.72. The molecule has 180 valence electrons. The molecule has 0 aliphatic carbocycles. The summed E-state index contributed by atoms with van der Waals surface area (Å²) in [4.78, 5) is 76.4. The Kier molecular flexibility index (Phi) is 10.1. The summed E-state index contributed by atoms with van der Waals surface area (Å²) in [6.07, 6.45) is -4.22. The lowest BCUT2D eigenvalue weighted by atomic mass is 10.2. The third-order valence-corrected chi connectivity index (χ3v) is 3.81. The zero-order valence-electron chi connectivity index (χ0n) is 18.8. The number of carbonyl (C=O) groups excluding carboxylic acids is 6. The first-order valence-corrected chi connectivity index (χ1v) is 10.2. The number of ether oxygens (including phenoxy) is 4. The highest BCUT2D eigenvalue weighted by Gasteiger charge is 2.37. The van der Waals surface area contributed by atoms with E-state index in [2.05, 4.69) is 4.84 Å². The monoisotopic (exact) mass is 459 g/mol. The second-order valence-corrected chi connectivity index (χ2v) is 7.92. The Bertz CT molecular complexity index is 724. The third-order valence-electron chi connectivity index (χ3n) is 3.81. The van der Waals surface area contributed by atoms with Crippen LogP contribution in [-0.4, -0.2) is 65.4 Å². The molecule has 0 N–H and O–H groups in total. The van der Waals surface area contributed by atoms with Gasteiger partial charge in [0.1, 0.15) is 5.60 Å². The highest BCUT2D eigenvalue weighted by Crippen LogP contribution is 2.16. The average molecular weight is 459 g/mol. The van der Waals surface area contributed by atoms with Crippen LogP contribution in [0.25, 0.3) is 0 Å². The van der Waals surface area contributed by atoms with Crippen LogP contribution in [0.4, 0.5) is 4.79 Å². The van der Waals surface area contributed by atoms with Crippen LogP contribution in [0.2, 0.25) is 0 Å². The Morgan fingerprint density at radius 1 is 1.00 bits per heavy atom. The quantitative estimate of drug-likeness (QED) is 0.202. The van der Waals surface area contributed by atoms with Crippen LogP contribution < -0.4 is 0 Å². The lowest BCUT2D eigenvalue weighted by Crippen LogP contribution is -2.39. The van der Waals surface area contributed by atoms with Crippen LogP contribution in [0.1, 0.15) is 66.7 Å². The van der Waals surface area contributed by atoms with Crippen molar-refractivity contribution in [1.82, 2.24) is 5.06 Å². The van der Waals surface area contributed by atoms with Crippen molar-refractivity contribution >= 4 is 35.9 Å². The first-order valence-electron chi connectivity index (χ1n) is 10.2. The van der Waals surface area contributed by atoms with E-state index in [0.717, 1.165) is 6.42 Å². The van der Waals surface area contributed by atoms with Crippen molar-refractivity contribution in [3.8, 4) is 0 Å². The number of amides is 2. The molecule has 1 rings (SSSR count). The van der Waals surface area contributed by atoms with Crippen molar-refractivity contribution in [3.05, 3.63) is 0 Å². The smallest absolute Gasteiger partial charge is 0.463 e. The minimum absolute atomic E-state index is 0.121. The number of imide groups is 1. The molecule has 0 spiro atoms. The molecule has 1 saturated heterocycles. The third kappa shape index (κ3) is 9.31. The van der Waals surface area contributed by atoms with Gasteiger partial charge in [-0.3, -0.25) is 9.59 Å². The Labute approximate surface area is 185 Å². The molecule has 0 radical (unpaired) electrons. The summed E-state index contributed by atoms with van der Waals surface area (Å²) in [5.41, 5.74) is -0.961. The molecule has 1 aliphatic heterocycles. The lowest BCUT2D eigenvalue weighted by molar-refractivity contribution is -0.200. The second-order valence-electron chi connectivity index (χ2n) is 7.92. The van der Waals surface area contributed by atoms with Crippen LogP contribution in [0.3, 0.4) is 0 Å². The Morgan fingerprint density at radius 2 is 1.59 bits per heavy atom. The number of rotatable bonds is 10. The molecule has 0 aromatic rings. The van der Waals surface area contributed by atoms with E-state index >= 15 is 0 Å². The van der Waals surface area contributed by atoms with Crippen molar-refractivity contribution in [3.63, 3.8) is 0 Å². The summed E-state index contributed by atoms with van der Waals surface area (Å²) >= 11 is 0. The van der Waals surface area contributed by atoms with Crippen LogP contribution in [0.15, 0.2) is 0 Å². The molecule has 0 aromatic heterocycles. The average Bonchev–Trinajstić information content (AvgIpc) is 2.97. The topological polar surface area (TPSA) is 152 Å². The van der Waals surface area contributed by atoms with Crippen LogP contribution in [0, 0.1) is 0 Å². The fourth-order valence-electron chi connectivity index (χ4n) is 2.24. The van der Waals surface area contributed by atoms with Gasteiger partial charge in [-0.05, 0) is 34.1 Å². The maximum Gasteiger partial charge on any atom is 0.509 e. The number of esters is 2. The summed E-state index contributed by atoms with van der Waals surface area (Å²) in [7, 11) is 0. The summed E-state index contributed by atoms with van der Waals surface area (Å²) in [6.45, 7) is 7.94. The summed E-state index contributed by atoms with van der Waals surface area (Å²) in [6, 6.07) is 0. The van der Waals surface area contributed by atoms with E-state index in [9.17, 15) is 28.8 Å². The van der Waals surface area contributed by atoms with E-state index < -0.39 is 60.1 Å². The van der Waals surface area contributed by atoms with Gasteiger partial charge in [-0.25, -0.2) is 19.2 Å². The van der Waals surface area contributed by atoms with E-state index in [1.807, 2.05) is 6.92 Å². The van der Waals surface area contributed by atoms with Crippen molar-refractivity contribution in [2.45, 2.75) is 84.5 Å². The van der Waals surface area contributed by atoms with Gasteiger partial charge in [-0.2, -0.15) is 0 Å². The molecule has 2 atom stereocenters. The highest BCUT2D eigenvalue weighted by molar-refractivity contribution is 6.01. The maximum atomic E-state index is 12.5. The van der Waals surface area contributed by atoms with Crippen molar-refractivity contribution in [2.24, 2.45) is 0 Å². The van der Waals surface area contributed by atoms with Crippen molar-refractivity contribution in [2.75, 3.05) is 6.61 Å². The zero-order valence-corrected chi connectivity index (χ0v) is 18.8. The minimum atomic E-state index is -1.86. The largest absolute Gasteiger partial charge is 0.509 e. The maximum absolute atomic E-state index is 12.5. The Morgan fingerprint density at radius 3 is 2.12 bits per heavy atom. The molecule has 1 fully saturated rings. The molecule has 0 unspecified atom stereocenters. The van der Waals surface area contributed by atoms with Crippen LogP contribution in [-0.2, 0) is 47.8 Å². The molecular weight excluding hydrogens is 430 g/mol. The van der Waals surface area contributed by atoms with Gasteiger partial charge in [0.25, 0.3) is 11.8 Å². The van der Waals surface area contributed by atoms with Crippen LogP contribution in [0.5, 0.6) is 0 Å².